The Labute approximate surface area is 153 Å². The number of hydrogen-bond acceptors (Lipinski definition) is 5. The van der Waals surface area contributed by atoms with Crippen LogP contribution in [0.1, 0.15) is 47.1 Å². The van der Waals surface area contributed by atoms with Gasteiger partial charge < -0.3 is 4.52 Å². The molecule has 0 bridgehead atoms. The highest BCUT2D eigenvalue weighted by Gasteiger charge is 2.28. The predicted octanol–water partition coefficient (Wildman–Crippen LogP) is 3.88. The van der Waals surface area contributed by atoms with Crippen LogP contribution in [-0.4, -0.2) is 26.6 Å². The lowest BCUT2D eigenvalue weighted by Gasteiger charge is -2.27. The third-order valence-electron chi connectivity index (χ3n) is 5.25. The molecule has 3 heterocycles. The van der Waals surface area contributed by atoms with Crippen LogP contribution >= 0.6 is 0 Å². The summed E-state index contributed by atoms with van der Waals surface area (Å²) in [6, 6.07) is 10.4. The van der Waals surface area contributed by atoms with Gasteiger partial charge in [-0.25, -0.2) is 9.97 Å². The molecule has 1 aromatic carbocycles. The fraction of sp³-hybridized carbons (Fsp3) is 0.381. The van der Waals surface area contributed by atoms with Crippen LogP contribution in [0.15, 0.2) is 41.1 Å². The molecule has 2 aromatic heterocycles. The molecule has 0 amide bonds. The van der Waals surface area contributed by atoms with Gasteiger partial charge in [0.25, 0.3) is 0 Å². The number of hydrogen-bond donors (Lipinski definition) is 0. The summed E-state index contributed by atoms with van der Waals surface area (Å²) in [7, 11) is 0. The Morgan fingerprint density at radius 3 is 2.85 bits per heavy atom. The number of aryl methyl sites for hydroxylation is 1. The molecule has 5 rings (SSSR count). The third kappa shape index (κ3) is 3.15. The van der Waals surface area contributed by atoms with E-state index in [1.807, 2.05) is 12.3 Å². The zero-order chi connectivity index (χ0) is 17.5. The van der Waals surface area contributed by atoms with Gasteiger partial charge in [-0.05, 0) is 19.8 Å². The minimum atomic E-state index is 0.619. The zero-order valence-electron chi connectivity index (χ0n) is 15.0. The summed E-state index contributed by atoms with van der Waals surface area (Å²) in [5.41, 5.74) is 5.77. The fourth-order valence-electron chi connectivity index (χ4n) is 3.53. The topological polar surface area (TPSA) is 55.1 Å². The summed E-state index contributed by atoms with van der Waals surface area (Å²) in [6.07, 6.45) is 5.52. The Morgan fingerprint density at radius 2 is 2.04 bits per heavy atom. The normalized spacial score (nSPS) is 17.3. The number of rotatable bonds is 4. The number of fused-ring (bicyclic) bond motifs is 1. The van der Waals surface area contributed by atoms with Crippen molar-refractivity contribution in [3.63, 3.8) is 0 Å². The molecule has 0 unspecified atom stereocenters. The van der Waals surface area contributed by atoms with Crippen molar-refractivity contribution in [2.45, 2.75) is 45.2 Å². The van der Waals surface area contributed by atoms with E-state index in [2.05, 4.69) is 46.2 Å². The van der Waals surface area contributed by atoms with Crippen molar-refractivity contribution in [2.24, 2.45) is 0 Å². The Morgan fingerprint density at radius 1 is 1.19 bits per heavy atom. The SMILES string of the molecule is Cc1ccc(-c2cc(CN3CCc4nc(C5CC5)ncc4C3)no2)cc1. The molecule has 26 heavy (non-hydrogen) atoms. The quantitative estimate of drug-likeness (QED) is 0.718. The Hall–Kier alpha value is -2.53. The van der Waals surface area contributed by atoms with Crippen molar-refractivity contribution in [1.82, 2.24) is 20.0 Å². The average molecular weight is 346 g/mol. The average Bonchev–Trinajstić information content (AvgIpc) is 3.41. The fourth-order valence-corrected chi connectivity index (χ4v) is 3.53. The van der Waals surface area contributed by atoms with Crippen LogP contribution < -0.4 is 0 Å². The summed E-state index contributed by atoms with van der Waals surface area (Å²) in [4.78, 5) is 11.8. The first-order chi connectivity index (χ1) is 12.7. The molecule has 2 aliphatic rings. The van der Waals surface area contributed by atoms with Crippen LogP contribution in [0.4, 0.5) is 0 Å². The Kier molecular flexibility index (Phi) is 3.82. The van der Waals surface area contributed by atoms with Gasteiger partial charge in [0.1, 0.15) is 5.82 Å². The third-order valence-corrected chi connectivity index (χ3v) is 5.25. The van der Waals surface area contributed by atoms with Crippen molar-refractivity contribution < 1.29 is 4.52 Å². The van der Waals surface area contributed by atoms with E-state index in [9.17, 15) is 0 Å². The van der Waals surface area contributed by atoms with Crippen molar-refractivity contribution in [1.29, 1.82) is 0 Å². The van der Waals surface area contributed by atoms with Crippen molar-refractivity contribution in [3.05, 3.63) is 64.9 Å². The molecule has 0 saturated heterocycles. The van der Waals surface area contributed by atoms with Gasteiger partial charge >= 0.3 is 0 Å². The molecular formula is C21H22N4O. The van der Waals surface area contributed by atoms with E-state index in [4.69, 9.17) is 9.51 Å². The van der Waals surface area contributed by atoms with Crippen LogP contribution in [-0.2, 0) is 19.5 Å². The van der Waals surface area contributed by atoms with E-state index in [0.29, 0.717) is 5.92 Å². The molecule has 1 fully saturated rings. The van der Waals surface area contributed by atoms with E-state index >= 15 is 0 Å². The summed E-state index contributed by atoms with van der Waals surface area (Å²) >= 11 is 0. The minimum absolute atomic E-state index is 0.619. The first-order valence-electron chi connectivity index (χ1n) is 9.34. The van der Waals surface area contributed by atoms with Gasteiger partial charge in [0.05, 0.1) is 5.69 Å². The van der Waals surface area contributed by atoms with Gasteiger partial charge in [0, 0.05) is 61.1 Å². The summed E-state index contributed by atoms with van der Waals surface area (Å²) in [5, 5.41) is 4.26. The number of benzene rings is 1. The highest BCUT2D eigenvalue weighted by Crippen LogP contribution is 2.38. The van der Waals surface area contributed by atoms with Crippen molar-refractivity contribution >= 4 is 0 Å². The molecule has 1 aliphatic heterocycles. The molecule has 5 heteroatoms. The van der Waals surface area contributed by atoms with Gasteiger partial charge in [-0.15, -0.1) is 0 Å². The van der Waals surface area contributed by atoms with E-state index in [-0.39, 0.29) is 0 Å². The van der Waals surface area contributed by atoms with Gasteiger partial charge in [-0.3, -0.25) is 4.90 Å². The maximum atomic E-state index is 5.55. The van der Waals surface area contributed by atoms with Crippen LogP contribution in [0.25, 0.3) is 11.3 Å². The van der Waals surface area contributed by atoms with Crippen molar-refractivity contribution in [2.75, 3.05) is 6.54 Å². The van der Waals surface area contributed by atoms with Gasteiger partial charge in [-0.2, -0.15) is 0 Å². The first kappa shape index (κ1) is 15.7. The smallest absolute Gasteiger partial charge is 0.167 e. The van der Waals surface area contributed by atoms with Crippen LogP contribution in [0, 0.1) is 6.92 Å². The molecule has 0 N–H and O–H groups in total. The molecular weight excluding hydrogens is 324 g/mol. The van der Waals surface area contributed by atoms with E-state index < -0.39 is 0 Å². The van der Waals surface area contributed by atoms with Gasteiger partial charge in [-0.1, -0.05) is 35.0 Å². The first-order valence-corrected chi connectivity index (χ1v) is 9.34. The van der Waals surface area contributed by atoms with Crippen LogP contribution in [0.2, 0.25) is 0 Å². The van der Waals surface area contributed by atoms with Crippen LogP contribution in [0.5, 0.6) is 0 Å². The summed E-state index contributed by atoms with van der Waals surface area (Å²) in [6.45, 7) is 4.76. The maximum Gasteiger partial charge on any atom is 0.167 e. The van der Waals surface area contributed by atoms with Gasteiger partial charge in [0.2, 0.25) is 0 Å². The molecule has 5 nitrogen and oxygen atoms in total. The minimum Gasteiger partial charge on any atom is -0.356 e. The highest BCUT2D eigenvalue weighted by atomic mass is 16.5. The predicted molar refractivity (Wildman–Crippen MR) is 98.5 cm³/mol. The van der Waals surface area contributed by atoms with Crippen molar-refractivity contribution in [3.8, 4) is 11.3 Å². The molecule has 1 saturated carbocycles. The standard InChI is InChI=1S/C21H22N4O/c1-14-2-4-15(5-3-14)20-10-18(24-26-20)13-25-9-8-19-17(12-25)11-22-21(23-19)16-6-7-16/h2-5,10-11,16H,6-9,12-13H2,1H3. The molecule has 1 aliphatic carbocycles. The lowest BCUT2D eigenvalue weighted by molar-refractivity contribution is 0.235. The molecule has 132 valence electrons. The molecule has 3 aromatic rings. The lowest BCUT2D eigenvalue weighted by atomic mass is 10.1. The zero-order valence-corrected chi connectivity index (χ0v) is 15.0. The largest absolute Gasteiger partial charge is 0.356 e. The molecule has 0 spiro atoms. The van der Waals surface area contributed by atoms with E-state index in [1.54, 1.807) is 0 Å². The summed E-state index contributed by atoms with van der Waals surface area (Å²) < 4.78 is 5.55. The lowest BCUT2D eigenvalue weighted by Crippen LogP contribution is -2.31. The second kappa shape index (κ2) is 6.32. The monoisotopic (exact) mass is 346 g/mol. The second-order valence-electron chi connectivity index (χ2n) is 7.48. The number of aromatic nitrogens is 3. The van der Waals surface area contributed by atoms with E-state index in [0.717, 1.165) is 48.9 Å². The second-order valence-corrected chi connectivity index (χ2v) is 7.48. The molecule has 0 atom stereocenters. The Balaban J connectivity index is 1.28. The maximum absolute atomic E-state index is 5.55. The van der Waals surface area contributed by atoms with Crippen LogP contribution in [0.3, 0.4) is 0 Å². The number of nitrogens with zero attached hydrogens (tertiary/aromatic N) is 4. The van der Waals surface area contributed by atoms with E-state index in [1.165, 1.54) is 29.7 Å². The summed E-state index contributed by atoms with van der Waals surface area (Å²) in [5.74, 6) is 2.50. The van der Waals surface area contributed by atoms with Gasteiger partial charge in [0.15, 0.2) is 5.76 Å². The molecule has 0 radical (unpaired) electrons. The highest BCUT2D eigenvalue weighted by molar-refractivity contribution is 5.57. The Bertz CT molecular complexity index is 927.